The summed E-state index contributed by atoms with van der Waals surface area (Å²) in [6.07, 6.45) is 3.02. The molecule has 0 unspecified atom stereocenters. The summed E-state index contributed by atoms with van der Waals surface area (Å²) >= 11 is 5.89. The molecule has 1 aliphatic carbocycles. The highest BCUT2D eigenvalue weighted by atomic mass is 35.5. The van der Waals surface area contributed by atoms with Crippen LogP contribution in [0.15, 0.2) is 30.3 Å². The highest BCUT2D eigenvalue weighted by Crippen LogP contribution is 2.40. The number of nitrogens with zero attached hydrogens (tertiary/aromatic N) is 4. The molecule has 6 nitrogen and oxygen atoms in total. The first-order valence-electron chi connectivity index (χ1n) is 9.92. The SMILES string of the molecule is Cc1nn(C)c2nc(C3CC3)cc(C(=O)N(C)CCCOc3ccc(Cl)cc3)c12. The number of fused-ring (bicyclic) bond motifs is 1. The summed E-state index contributed by atoms with van der Waals surface area (Å²) < 4.78 is 7.50. The summed E-state index contributed by atoms with van der Waals surface area (Å²) in [5, 5.41) is 6.02. The molecule has 1 amide bonds. The lowest BCUT2D eigenvalue weighted by atomic mass is 10.1. The van der Waals surface area contributed by atoms with Crippen LogP contribution in [0.5, 0.6) is 5.75 Å². The van der Waals surface area contributed by atoms with E-state index < -0.39 is 0 Å². The average molecular weight is 413 g/mol. The summed E-state index contributed by atoms with van der Waals surface area (Å²) in [5.74, 6) is 1.25. The number of aromatic nitrogens is 3. The molecule has 1 aromatic carbocycles. The Morgan fingerprint density at radius 2 is 2.03 bits per heavy atom. The first-order valence-corrected chi connectivity index (χ1v) is 10.3. The topological polar surface area (TPSA) is 60.2 Å². The summed E-state index contributed by atoms with van der Waals surface area (Å²) in [4.78, 5) is 19.8. The zero-order valence-electron chi connectivity index (χ0n) is 17.0. The fourth-order valence-corrected chi connectivity index (χ4v) is 3.68. The van der Waals surface area contributed by atoms with Crippen molar-refractivity contribution < 1.29 is 9.53 Å². The van der Waals surface area contributed by atoms with Gasteiger partial charge in [0.25, 0.3) is 5.91 Å². The minimum atomic E-state index is 0.00175. The molecule has 2 heterocycles. The Bertz CT molecular complexity index is 1040. The van der Waals surface area contributed by atoms with Crippen molar-refractivity contribution in [3.05, 3.63) is 52.3 Å². The van der Waals surface area contributed by atoms with E-state index in [1.54, 1.807) is 21.7 Å². The van der Waals surface area contributed by atoms with Crippen molar-refractivity contribution in [1.82, 2.24) is 19.7 Å². The van der Waals surface area contributed by atoms with Gasteiger partial charge in [0.05, 0.1) is 23.3 Å². The predicted molar refractivity (Wildman–Crippen MR) is 114 cm³/mol. The number of hydrogen-bond acceptors (Lipinski definition) is 4. The quantitative estimate of drug-likeness (QED) is 0.541. The van der Waals surface area contributed by atoms with Crippen LogP contribution >= 0.6 is 11.6 Å². The van der Waals surface area contributed by atoms with Crippen molar-refractivity contribution in [2.24, 2.45) is 7.05 Å². The summed E-state index contributed by atoms with van der Waals surface area (Å²) in [5.41, 5.74) is 3.32. The summed E-state index contributed by atoms with van der Waals surface area (Å²) in [7, 11) is 3.71. The molecular weight excluding hydrogens is 388 g/mol. The number of amides is 1. The first-order chi connectivity index (χ1) is 13.9. The Labute approximate surface area is 175 Å². The predicted octanol–water partition coefficient (Wildman–Crippen LogP) is 4.35. The minimum absolute atomic E-state index is 0.00175. The summed E-state index contributed by atoms with van der Waals surface area (Å²) in [6, 6.07) is 9.26. The highest BCUT2D eigenvalue weighted by Gasteiger charge is 2.29. The van der Waals surface area contributed by atoms with Crippen molar-refractivity contribution >= 4 is 28.5 Å². The van der Waals surface area contributed by atoms with E-state index in [1.165, 1.54) is 0 Å². The molecular formula is C22H25ClN4O2. The number of hydrogen-bond donors (Lipinski definition) is 0. The van der Waals surface area contributed by atoms with Gasteiger partial charge in [0.1, 0.15) is 5.75 Å². The maximum atomic E-state index is 13.2. The van der Waals surface area contributed by atoms with E-state index in [-0.39, 0.29) is 5.91 Å². The third-order valence-corrected chi connectivity index (χ3v) is 5.53. The zero-order valence-corrected chi connectivity index (χ0v) is 17.7. The van der Waals surface area contributed by atoms with Gasteiger partial charge in [-0.05, 0) is 56.5 Å². The van der Waals surface area contributed by atoms with Crippen molar-refractivity contribution in [2.75, 3.05) is 20.2 Å². The first kappa shape index (κ1) is 19.7. The number of halogens is 1. The Hall–Kier alpha value is -2.60. The van der Waals surface area contributed by atoms with Crippen molar-refractivity contribution in [3.63, 3.8) is 0 Å². The second kappa shape index (κ2) is 8.03. The Morgan fingerprint density at radius 1 is 1.31 bits per heavy atom. The van der Waals surface area contributed by atoms with E-state index in [4.69, 9.17) is 21.3 Å². The summed E-state index contributed by atoms with van der Waals surface area (Å²) in [6.45, 7) is 3.07. The fraction of sp³-hybridized carbons (Fsp3) is 0.409. The number of carbonyl (C=O) groups excluding carboxylic acids is 1. The second-order valence-corrected chi connectivity index (χ2v) is 8.10. The van der Waals surface area contributed by atoms with Crippen LogP contribution < -0.4 is 4.74 Å². The molecule has 3 aromatic rings. The van der Waals surface area contributed by atoms with Gasteiger partial charge in [-0.15, -0.1) is 0 Å². The molecule has 0 saturated heterocycles. The third kappa shape index (κ3) is 4.22. The normalized spacial score (nSPS) is 13.7. The molecule has 2 aromatic heterocycles. The Balaban J connectivity index is 1.45. The van der Waals surface area contributed by atoms with Crippen molar-refractivity contribution in [1.29, 1.82) is 0 Å². The maximum absolute atomic E-state index is 13.2. The van der Waals surface area contributed by atoms with Crippen LogP contribution in [0.2, 0.25) is 5.02 Å². The van der Waals surface area contributed by atoms with Gasteiger partial charge in [-0.2, -0.15) is 5.10 Å². The molecule has 0 aliphatic heterocycles. The lowest BCUT2D eigenvalue weighted by molar-refractivity contribution is 0.0789. The van der Waals surface area contributed by atoms with Crippen LogP contribution in [0.1, 0.15) is 46.9 Å². The standard InChI is InChI=1S/C22H25ClN4O2/c1-14-20-18(13-19(15-5-6-15)24-21(20)27(3)25-14)22(28)26(2)11-4-12-29-17-9-7-16(23)8-10-17/h7-10,13,15H,4-6,11-12H2,1-3H3. The van der Waals surface area contributed by atoms with E-state index in [1.807, 2.05) is 39.2 Å². The molecule has 152 valence electrons. The van der Waals surface area contributed by atoms with E-state index in [9.17, 15) is 4.79 Å². The number of benzene rings is 1. The van der Waals surface area contributed by atoms with Crippen LogP contribution in [0.4, 0.5) is 0 Å². The number of pyridine rings is 1. The third-order valence-electron chi connectivity index (χ3n) is 5.28. The zero-order chi connectivity index (χ0) is 20.5. The molecule has 0 bridgehead atoms. The van der Waals surface area contributed by atoms with Gasteiger partial charge in [0.2, 0.25) is 0 Å². The molecule has 4 rings (SSSR count). The number of carbonyl (C=O) groups is 1. The lowest BCUT2D eigenvalue weighted by Crippen LogP contribution is -2.29. The van der Waals surface area contributed by atoms with Gasteiger partial charge < -0.3 is 9.64 Å². The largest absolute Gasteiger partial charge is 0.494 e. The van der Waals surface area contributed by atoms with Gasteiger partial charge in [-0.3, -0.25) is 9.48 Å². The maximum Gasteiger partial charge on any atom is 0.254 e. The fourth-order valence-electron chi connectivity index (χ4n) is 3.55. The van der Waals surface area contributed by atoms with E-state index >= 15 is 0 Å². The van der Waals surface area contributed by atoms with E-state index in [0.29, 0.717) is 29.7 Å². The Kier molecular flexibility index (Phi) is 5.46. The molecule has 1 fully saturated rings. The molecule has 0 spiro atoms. The van der Waals surface area contributed by atoms with Gasteiger partial charge >= 0.3 is 0 Å². The van der Waals surface area contributed by atoms with Crippen LogP contribution in [-0.2, 0) is 7.05 Å². The van der Waals surface area contributed by atoms with Crippen LogP contribution in [0, 0.1) is 6.92 Å². The number of rotatable bonds is 7. The lowest BCUT2D eigenvalue weighted by Gasteiger charge is -2.18. The smallest absolute Gasteiger partial charge is 0.254 e. The molecule has 0 atom stereocenters. The van der Waals surface area contributed by atoms with Gasteiger partial charge in [-0.1, -0.05) is 11.6 Å². The molecule has 0 N–H and O–H groups in total. The molecule has 1 saturated carbocycles. The Morgan fingerprint density at radius 3 is 2.72 bits per heavy atom. The van der Waals surface area contributed by atoms with Gasteiger partial charge in [-0.25, -0.2) is 4.98 Å². The van der Waals surface area contributed by atoms with Gasteiger partial charge in [0, 0.05) is 37.3 Å². The minimum Gasteiger partial charge on any atom is -0.494 e. The van der Waals surface area contributed by atoms with E-state index in [2.05, 4.69) is 5.10 Å². The molecule has 1 aliphatic rings. The number of ether oxygens (including phenoxy) is 1. The molecule has 7 heteroatoms. The van der Waals surface area contributed by atoms with Crippen molar-refractivity contribution in [2.45, 2.75) is 32.1 Å². The average Bonchev–Trinajstić information content (AvgIpc) is 3.52. The van der Waals surface area contributed by atoms with Gasteiger partial charge in [0.15, 0.2) is 5.65 Å². The van der Waals surface area contributed by atoms with Crippen LogP contribution in [0.25, 0.3) is 11.0 Å². The number of aryl methyl sites for hydroxylation is 2. The van der Waals surface area contributed by atoms with Crippen LogP contribution in [-0.4, -0.2) is 45.8 Å². The molecule has 29 heavy (non-hydrogen) atoms. The van der Waals surface area contributed by atoms with Crippen LogP contribution in [0.3, 0.4) is 0 Å². The van der Waals surface area contributed by atoms with E-state index in [0.717, 1.165) is 47.4 Å². The van der Waals surface area contributed by atoms with Crippen molar-refractivity contribution in [3.8, 4) is 5.75 Å². The molecule has 0 radical (unpaired) electrons. The highest BCUT2D eigenvalue weighted by molar-refractivity contribution is 6.30. The second-order valence-electron chi connectivity index (χ2n) is 7.66. The monoisotopic (exact) mass is 412 g/mol.